The van der Waals surface area contributed by atoms with E-state index in [0.717, 1.165) is 4.90 Å². The van der Waals surface area contributed by atoms with Crippen molar-refractivity contribution in [1.82, 2.24) is 9.80 Å². The Morgan fingerprint density at radius 3 is 2.19 bits per heavy atom. The minimum absolute atomic E-state index is 0.248. The van der Waals surface area contributed by atoms with Gasteiger partial charge in [-0.2, -0.15) is 0 Å². The Hall–Kier alpha value is -2.76. The second-order valence-corrected chi connectivity index (χ2v) is 8.26. The summed E-state index contributed by atoms with van der Waals surface area (Å²) in [5, 5.41) is 0. The zero-order chi connectivity index (χ0) is 19.6. The number of amides is 3. The number of hydrogen-bond acceptors (Lipinski definition) is 3. The van der Waals surface area contributed by atoms with Crippen LogP contribution in [-0.2, 0) is 4.79 Å². The second kappa shape index (κ2) is 5.62. The van der Waals surface area contributed by atoms with Crippen LogP contribution in [0, 0.1) is 5.41 Å². The first kappa shape index (κ1) is 17.6. The number of halogens is 1. The Kier molecular flexibility index (Phi) is 3.67. The number of benzene rings is 1. The molecule has 0 saturated carbocycles. The molecule has 2 unspecified atom stereocenters. The van der Waals surface area contributed by atoms with E-state index in [2.05, 4.69) is 0 Å². The van der Waals surface area contributed by atoms with Gasteiger partial charge in [-0.3, -0.25) is 19.3 Å². The van der Waals surface area contributed by atoms with E-state index in [0.29, 0.717) is 13.0 Å². The average molecular weight is 368 g/mol. The van der Waals surface area contributed by atoms with Crippen LogP contribution in [-0.4, -0.2) is 45.6 Å². The summed E-state index contributed by atoms with van der Waals surface area (Å²) in [6.07, 6.45) is 4.73. The topological polar surface area (TPSA) is 57.7 Å². The lowest BCUT2D eigenvalue weighted by atomic mass is 9.74. The molecule has 27 heavy (non-hydrogen) atoms. The minimum Gasteiger partial charge on any atom is -0.337 e. The van der Waals surface area contributed by atoms with Gasteiger partial charge in [0.1, 0.15) is 11.9 Å². The molecular formula is C21H21FN2O3. The molecular weight excluding hydrogens is 347 g/mol. The highest BCUT2D eigenvalue weighted by molar-refractivity contribution is 6.22. The fraction of sp³-hybridized carbons (Fsp3) is 0.381. The van der Waals surface area contributed by atoms with Crippen LogP contribution in [0.25, 0.3) is 0 Å². The van der Waals surface area contributed by atoms with E-state index in [-0.39, 0.29) is 17.0 Å². The van der Waals surface area contributed by atoms with E-state index in [1.54, 1.807) is 35.2 Å². The Balaban J connectivity index is 1.81. The molecule has 1 saturated heterocycles. The van der Waals surface area contributed by atoms with Gasteiger partial charge in [-0.15, -0.1) is 0 Å². The first-order valence-electron chi connectivity index (χ1n) is 9.02. The van der Waals surface area contributed by atoms with Gasteiger partial charge in [0.25, 0.3) is 11.8 Å². The largest absolute Gasteiger partial charge is 0.337 e. The molecule has 2 aliphatic heterocycles. The molecule has 0 N–H and O–H groups in total. The number of rotatable bonds is 1. The van der Waals surface area contributed by atoms with E-state index in [4.69, 9.17) is 0 Å². The number of nitrogens with zero attached hydrogens (tertiary/aromatic N) is 2. The van der Waals surface area contributed by atoms with Gasteiger partial charge in [0.15, 0.2) is 0 Å². The Morgan fingerprint density at radius 1 is 1.07 bits per heavy atom. The van der Waals surface area contributed by atoms with Gasteiger partial charge in [-0.1, -0.05) is 24.3 Å². The van der Waals surface area contributed by atoms with Crippen LogP contribution in [0.2, 0.25) is 0 Å². The summed E-state index contributed by atoms with van der Waals surface area (Å²) in [6.45, 7) is 6.19. The molecule has 1 spiro atoms. The third kappa shape index (κ3) is 2.32. The molecule has 3 aliphatic rings. The van der Waals surface area contributed by atoms with Crippen LogP contribution >= 0.6 is 0 Å². The van der Waals surface area contributed by atoms with Gasteiger partial charge in [0.2, 0.25) is 5.91 Å². The highest BCUT2D eigenvalue weighted by Gasteiger charge is 2.59. The van der Waals surface area contributed by atoms with E-state index in [1.807, 2.05) is 20.8 Å². The van der Waals surface area contributed by atoms with Gasteiger partial charge in [0.05, 0.1) is 16.5 Å². The molecule has 1 aromatic carbocycles. The van der Waals surface area contributed by atoms with Crippen molar-refractivity contribution in [3.63, 3.8) is 0 Å². The molecule has 5 nitrogen and oxygen atoms in total. The lowest BCUT2D eigenvalue weighted by Gasteiger charge is -2.40. The van der Waals surface area contributed by atoms with Crippen molar-refractivity contribution >= 4 is 17.7 Å². The van der Waals surface area contributed by atoms with Crippen molar-refractivity contribution in [2.45, 2.75) is 38.8 Å². The maximum atomic E-state index is 15.1. The fourth-order valence-corrected chi connectivity index (χ4v) is 4.34. The standard InChI is InChI=1S/C21H21FN2O3/c1-20(2,3)23-12-11-21(19(23)27)10-6-9-15(22)16(21)24-17(25)13-7-4-5-8-14(13)18(24)26/h4-10,16H,11-12H2,1-3H3. The maximum absolute atomic E-state index is 15.1. The summed E-state index contributed by atoms with van der Waals surface area (Å²) in [7, 11) is 0. The molecule has 0 aromatic heterocycles. The van der Waals surface area contributed by atoms with E-state index in [1.165, 1.54) is 12.2 Å². The van der Waals surface area contributed by atoms with Gasteiger partial charge in [0, 0.05) is 12.1 Å². The Morgan fingerprint density at radius 2 is 1.67 bits per heavy atom. The van der Waals surface area contributed by atoms with Crippen molar-refractivity contribution in [3.05, 3.63) is 59.4 Å². The predicted octanol–water partition coefficient (Wildman–Crippen LogP) is 3.09. The Labute approximate surface area is 157 Å². The van der Waals surface area contributed by atoms with Crippen LogP contribution in [0.4, 0.5) is 4.39 Å². The van der Waals surface area contributed by atoms with Crippen molar-refractivity contribution in [1.29, 1.82) is 0 Å². The second-order valence-electron chi connectivity index (χ2n) is 8.26. The third-order valence-corrected chi connectivity index (χ3v) is 5.68. The molecule has 3 amide bonds. The zero-order valence-electron chi connectivity index (χ0n) is 15.5. The SMILES string of the molecule is CC(C)(C)N1CCC2(C=CC=C(F)C2N2C(=O)c3ccccc3C2=O)C1=O. The molecule has 1 aromatic rings. The summed E-state index contributed by atoms with van der Waals surface area (Å²) in [5.41, 5.74) is -1.20. The summed E-state index contributed by atoms with van der Waals surface area (Å²) in [4.78, 5) is 41.9. The monoisotopic (exact) mass is 368 g/mol. The van der Waals surface area contributed by atoms with Crippen molar-refractivity contribution < 1.29 is 18.8 Å². The molecule has 6 heteroatoms. The van der Waals surface area contributed by atoms with Crippen LogP contribution in [0.1, 0.15) is 47.9 Å². The van der Waals surface area contributed by atoms with Crippen molar-refractivity contribution in [3.8, 4) is 0 Å². The van der Waals surface area contributed by atoms with Crippen LogP contribution < -0.4 is 0 Å². The van der Waals surface area contributed by atoms with E-state index in [9.17, 15) is 14.4 Å². The molecule has 1 fully saturated rings. The summed E-state index contributed by atoms with van der Waals surface area (Å²) >= 11 is 0. The molecule has 0 radical (unpaired) electrons. The molecule has 0 bridgehead atoms. The van der Waals surface area contributed by atoms with Gasteiger partial charge >= 0.3 is 0 Å². The van der Waals surface area contributed by atoms with E-state index < -0.39 is 34.6 Å². The highest BCUT2D eigenvalue weighted by atomic mass is 19.1. The van der Waals surface area contributed by atoms with Crippen LogP contribution in [0.15, 0.2) is 48.3 Å². The minimum atomic E-state index is -1.26. The van der Waals surface area contributed by atoms with Gasteiger partial charge < -0.3 is 4.90 Å². The first-order chi connectivity index (χ1) is 12.7. The number of likely N-dealkylation sites (tertiary alicyclic amines) is 1. The lowest BCUT2D eigenvalue weighted by Crippen LogP contribution is -2.56. The zero-order valence-corrected chi connectivity index (χ0v) is 15.5. The molecule has 2 heterocycles. The normalized spacial score (nSPS) is 27.6. The number of carbonyl (C=O) groups excluding carboxylic acids is 3. The lowest BCUT2D eigenvalue weighted by molar-refractivity contribution is -0.139. The summed E-state index contributed by atoms with van der Waals surface area (Å²) < 4.78 is 15.1. The molecule has 4 rings (SSSR count). The van der Waals surface area contributed by atoms with E-state index >= 15 is 4.39 Å². The average Bonchev–Trinajstić information content (AvgIpc) is 3.06. The third-order valence-electron chi connectivity index (χ3n) is 5.68. The highest BCUT2D eigenvalue weighted by Crippen LogP contribution is 2.48. The first-order valence-corrected chi connectivity index (χ1v) is 9.02. The fourth-order valence-electron chi connectivity index (χ4n) is 4.34. The number of allylic oxidation sites excluding steroid dienone is 2. The van der Waals surface area contributed by atoms with Crippen LogP contribution in [0.3, 0.4) is 0 Å². The van der Waals surface area contributed by atoms with Crippen molar-refractivity contribution in [2.75, 3.05) is 6.54 Å². The number of fused-ring (bicyclic) bond motifs is 1. The number of hydrogen-bond donors (Lipinski definition) is 0. The quantitative estimate of drug-likeness (QED) is 0.716. The number of carbonyl (C=O) groups is 3. The van der Waals surface area contributed by atoms with Crippen LogP contribution in [0.5, 0.6) is 0 Å². The molecule has 1 aliphatic carbocycles. The maximum Gasteiger partial charge on any atom is 0.262 e. The predicted molar refractivity (Wildman–Crippen MR) is 97.6 cm³/mol. The van der Waals surface area contributed by atoms with Crippen molar-refractivity contribution in [2.24, 2.45) is 5.41 Å². The summed E-state index contributed by atoms with van der Waals surface area (Å²) in [5.74, 6) is -2.01. The molecule has 2 atom stereocenters. The summed E-state index contributed by atoms with van der Waals surface area (Å²) in [6, 6.07) is 5.19. The molecule has 140 valence electrons. The number of imide groups is 1. The van der Waals surface area contributed by atoms with Gasteiger partial charge in [-0.25, -0.2) is 4.39 Å². The van der Waals surface area contributed by atoms with Gasteiger partial charge in [-0.05, 0) is 45.4 Å². The smallest absolute Gasteiger partial charge is 0.262 e. The Bertz CT molecular complexity index is 893.